The topological polar surface area (TPSA) is 81.4 Å². The lowest BCUT2D eigenvalue weighted by Crippen LogP contribution is -2.36. The zero-order chi connectivity index (χ0) is 18.2. The van der Waals surface area contributed by atoms with E-state index in [4.69, 9.17) is 4.74 Å². The second-order valence-electron chi connectivity index (χ2n) is 6.89. The number of carbonyl (C=O) groups is 1. The highest BCUT2D eigenvalue weighted by Crippen LogP contribution is 2.33. The van der Waals surface area contributed by atoms with Crippen LogP contribution in [0.2, 0.25) is 0 Å². The first kappa shape index (κ1) is 16.1. The van der Waals surface area contributed by atoms with Crippen LogP contribution in [0.5, 0.6) is 0 Å². The Morgan fingerprint density at radius 1 is 1.26 bits per heavy atom. The van der Waals surface area contributed by atoms with Crippen molar-refractivity contribution in [3.05, 3.63) is 60.7 Å². The molecule has 5 rings (SSSR count). The quantitative estimate of drug-likeness (QED) is 0.701. The van der Waals surface area contributed by atoms with Gasteiger partial charge in [0.1, 0.15) is 0 Å². The lowest BCUT2D eigenvalue weighted by Gasteiger charge is -2.14. The summed E-state index contributed by atoms with van der Waals surface area (Å²) in [6.07, 6.45) is 10.9. The number of rotatable bonds is 5. The molecule has 3 unspecified atom stereocenters. The molecule has 1 saturated heterocycles. The number of pyridine rings is 1. The molecule has 2 aliphatic heterocycles. The third-order valence-corrected chi connectivity index (χ3v) is 5.10. The molecule has 0 saturated carbocycles. The first-order valence-corrected chi connectivity index (χ1v) is 9.13. The number of nitrogens with zero attached hydrogens (tertiary/aromatic N) is 4. The molecule has 136 valence electrons. The van der Waals surface area contributed by atoms with Crippen molar-refractivity contribution in [1.82, 2.24) is 24.9 Å². The van der Waals surface area contributed by atoms with Gasteiger partial charge in [-0.05, 0) is 24.6 Å². The molecule has 0 aromatic carbocycles. The van der Waals surface area contributed by atoms with Crippen molar-refractivity contribution < 1.29 is 9.53 Å². The Morgan fingerprint density at radius 3 is 2.93 bits per heavy atom. The predicted molar refractivity (Wildman–Crippen MR) is 98.8 cm³/mol. The zero-order valence-corrected chi connectivity index (χ0v) is 14.7. The Morgan fingerprint density at radius 2 is 2.15 bits per heavy atom. The van der Waals surface area contributed by atoms with Crippen LogP contribution in [0.15, 0.2) is 55.0 Å². The van der Waals surface area contributed by atoms with Gasteiger partial charge < -0.3 is 10.1 Å². The minimum Gasteiger partial charge on any atom is -0.366 e. The summed E-state index contributed by atoms with van der Waals surface area (Å²) in [6, 6.07) is 7.75. The molecule has 27 heavy (non-hydrogen) atoms. The summed E-state index contributed by atoms with van der Waals surface area (Å²) >= 11 is 0. The summed E-state index contributed by atoms with van der Waals surface area (Å²) in [7, 11) is 0. The number of ether oxygens (including phenoxy) is 1. The van der Waals surface area contributed by atoms with Crippen LogP contribution >= 0.6 is 0 Å². The molecule has 5 heterocycles. The molecule has 1 amide bonds. The van der Waals surface area contributed by atoms with Gasteiger partial charge in [0.15, 0.2) is 5.65 Å². The van der Waals surface area contributed by atoms with Crippen LogP contribution in [0.4, 0.5) is 0 Å². The van der Waals surface area contributed by atoms with Crippen LogP contribution in [-0.2, 0) is 16.0 Å². The van der Waals surface area contributed by atoms with Crippen molar-refractivity contribution in [1.29, 1.82) is 0 Å². The molecule has 3 aromatic heterocycles. The minimum absolute atomic E-state index is 0.0546. The third-order valence-electron chi connectivity index (χ3n) is 5.10. The maximum atomic E-state index is 12.3. The Hall–Kier alpha value is -3.06. The molecule has 2 bridgehead atoms. The molecule has 1 N–H and O–H groups in total. The first-order chi connectivity index (χ1) is 13.3. The average molecular weight is 361 g/mol. The van der Waals surface area contributed by atoms with E-state index in [2.05, 4.69) is 20.4 Å². The molecule has 3 atom stereocenters. The van der Waals surface area contributed by atoms with Crippen molar-refractivity contribution in [2.75, 3.05) is 6.54 Å². The van der Waals surface area contributed by atoms with Crippen LogP contribution < -0.4 is 5.32 Å². The van der Waals surface area contributed by atoms with E-state index >= 15 is 0 Å². The van der Waals surface area contributed by atoms with Crippen molar-refractivity contribution >= 4 is 11.6 Å². The fourth-order valence-corrected chi connectivity index (χ4v) is 3.71. The number of carbonyl (C=O) groups excluding carboxylic acids is 1. The molecule has 7 heteroatoms. The fourth-order valence-electron chi connectivity index (χ4n) is 3.71. The largest absolute Gasteiger partial charge is 0.366 e. The van der Waals surface area contributed by atoms with Gasteiger partial charge in [-0.25, -0.2) is 9.50 Å². The molecule has 3 aromatic rings. The van der Waals surface area contributed by atoms with E-state index in [0.717, 1.165) is 29.0 Å². The summed E-state index contributed by atoms with van der Waals surface area (Å²) < 4.78 is 7.42. The van der Waals surface area contributed by atoms with Gasteiger partial charge in [-0.2, -0.15) is 5.10 Å². The molecule has 7 nitrogen and oxygen atoms in total. The molecule has 0 aliphatic carbocycles. The summed E-state index contributed by atoms with van der Waals surface area (Å²) in [4.78, 5) is 21.0. The van der Waals surface area contributed by atoms with E-state index in [-0.39, 0.29) is 24.0 Å². The van der Waals surface area contributed by atoms with Crippen molar-refractivity contribution in [2.24, 2.45) is 5.92 Å². The van der Waals surface area contributed by atoms with Crippen LogP contribution in [0, 0.1) is 5.92 Å². The molecule has 0 spiro atoms. The molecular formula is C20H19N5O2. The lowest BCUT2D eigenvalue weighted by atomic mass is 9.93. The van der Waals surface area contributed by atoms with Gasteiger partial charge in [-0.3, -0.25) is 9.78 Å². The zero-order valence-electron chi connectivity index (χ0n) is 14.7. The fraction of sp³-hybridized carbons (Fsp3) is 0.300. The van der Waals surface area contributed by atoms with Gasteiger partial charge in [-0.1, -0.05) is 12.2 Å². The number of nitrogens with one attached hydrogen (secondary N) is 1. The van der Waals surface area contributed by atoms with Gasteiger partial charge >= 0.3 is 0 Å². The molecule has 1 fully saturated rings. The van der Waals surface area contributed by atoms with E-state index in [1.54, 1.807) is 16.9 Å². The number of hydrogen-bond donors (Lipinski definition) is 1. The molecule has 0 radical (unpaired) electrons. The maximum absolute atomic E-state index is 12.3. The van der Waals surface area contributed by atoms with Gasteiger partial charge in [0.25, 0.3) is 0 Å². The van der Waals surface area contributed by atoms with Crippen molar-refractivity contribution in [2.45, 2.75) is 25.0 Å². The van der Waals surface area contributed by atoms with E-state index in [1.807, 2.05) is 42.6 Å². The van der Waals surface area contributed by atoms with Crippen LogP contribution in [-0.4, -0.2) is 44.2 Å². The first-order valence-electron chi connectivity index (χ1n) is 9.13. The van der Waals surface area contributed by atoms with Crippen molar-refractivity contribution in [3.8, 4) is 11.3 Å². The van der Waals surface area contributed by atoms with Gasteiger partial charge in [0.05, 0.1) is 29.5 Å². The SMILES string of the molecule is O=C(NCCc1cc2nc(-c3ccncc3)ccn2n1)C1CC2C=CC1O2. The van der Waals surface area contributed by atoms with E-state index in [9.17, 15) is 4.79 Å². The average Bonchev–Trinajstić information content (AvgIpc) is 3.43. The standard InChI is InChI=1S/C20H19N5O2/c26-20(16-12-15-1-2-18(16)27-15)22-9-5-14-11-19-23-17(6-10-25(19)24-14)13-3-7-21-8-4-13/h1-4,6-8,10-11,15-16,18H,5,9,12H2,(H,22,26). The second kappa shape index (κ2) is 6.59. The Kier molecular flexibility index (Phi) is 3.94. The summed E-state index contributed by atoms with van der Waals surface area (Å²) in [5.74, 6) is -0.000585. The highest BCUT2D eigenvalue weighted by Gasteiger charge is 2.40. The lowest BCUT2D eigenvalue weighted by molar-refractivity contribution is -0.125. The molecular weight excluding hydrogens is 342 g/mol. The second-order valence-corrected chi connectivity index (χ2v) is 6.89. The number of fused-ring (bicyclic) bond motifs is 3. The molecule has 2 aliphatic rings. The normalized spacial score (nSPS) is 23.2. The third kappa shape index (κ3) is 3.10. The van der Waals surface area contributed by atoms with E-state index in [1.165, 1.54) is 0 Å². The number of amides is 1. The van der Waals surface area contributed by atoms with Crippen molar-refractivity contribution in [3.63, 3.8) is 0 Å². The Bertz CT molecular complexity index is 1010. The summed E-state index contributed by atoms with van der Waals surface area (Å²) in [6.45, 7) is 0.553. The highest BCUT2D eigenvalue weighted by molar-refractivity contribution is 5.80. The summed E-state index contributed by atoms with van der Waals surface area (Å²) in [5.41, 5.74) is 3.59. The van der Waals surface area contributed by atoms with Crippen LogP contribution in [0.1, 0.15) is 12.1 Å². The Labute approximate surface area is 156 Å². The van der Waals surface area contributed by atoms with Crippen LogP contribution in [0.3, 0.4) is 0 Å². The summed E-state index contributed by atoms with van der Waals surface area (Å²) in [5, 5.41) is 7.54. The van der Waals surface area contributed by atoms with E-state index < -0.39 is 0 Å². The minimum atomic E-state index is -0.0642. The number of hydrogen-bond acceptors (Lipinski definition) is 5. The maximum Gasteiger partial charge on any atom is 0.226 e. The number of aromatic nitrogens is 4. The highest BCUT2D eigenvalue weighted by atomic mass is 16.5. The smallest absolute Gasteiger partial charge is 0.226 e. The van der Waals surface area contributed by atoms with Gasteiger partial charge in [0, 0.05) is 43.2 Å². The monoisotopic (exact) mass is 361 g/mol. The van der Waals surface area contributed by atoms with Gasteiger partial charge in [0.2, 0.25) is 5.91 Å². The van der Waals surface area contributed by atoms with Crippen LogP contribution in [0.25, 0.3) is 16.9 Å². The van der Waals surface area contributed by atoms with E-state index in [0.29, 0.717) is 13.0 Å². The Balaban J connectivity index is 1.23. The van der Waals surface area contributed by atoms with Gasteiger partial charge in [-0.15, -0.1) is 0 Å². The predicted octanol–water partition coefficient (Wildman–Crippen LogP) is 1.79.